The second-order valence-corrected chi connectivity index (χ2v) is 13.7. The number of hydrogen-bond donors (Lipinski definition) is 1. The molecule has 0 unspecified atom stereocenters. The lowest BCUT2D eigenvalue weighted by molar-refractivity contribution is -0.143. The number of nitrogens with one attached hydrogen (secondary N) is 1. The lowest BCUT2D eigenvalue weighted by Crippen LogP contribution is -2.56. The van der Waals surface area contributed by atoms with Gasteiger partial charge in [0.15, 0.2) is 0 Å². The van der Waals surface area contributed by atoms with Gasteiger partial charge in [0.25, 0.3) is 0 Å². The van der Waals surface area contributed by atoms with Crippen molar-refractivity contribution in [3.05, 3.63) is 26.8 Å². The molecule has 1 aromatic heterocycles. The minimum absolute atomic E-state index is 0.0567. The minimum atomic E-state index is -3.86. The Balaban J connectivity index is 1.26. The van der Waals surface area contributed by atoms with Crippen molar-refractivity contribution in [3.63, 3.8) is 0 Å². The van der Waals surface area contributed by atoms with Gasteiger partial charge in [0.2, 0.25) is 27.7 Å². The Morgan fingerprint density at radius 2 is 1.85 bits per heavy atom. The number of carbonyl (C=O) groups excluding carboxylic acids is 3. The number of nitrogens with zero attached hydrogens (tertiary/aromatic N) is 4. The van der Waals surface area contributed by atoms with Gasteiger partial charge in [0.1, 0.15) is 6.04 Å². The number of ether oxygens (including phenoxy) is 1. The van der Waals surface area contributed by atoms with Crippen molar-refractivity contribution < 1.29 is 27.5 Å². The molecule has 1 N–H and O–H groups in total. The lowest BCUT2D eigenvalue weighted by atomic mass is 10.1. The molecule has 2 atom stereocenters. The zero-order valence-corrected chi connectivity index (χ0v) is 25.2. The maximum absolute atomic E-state index is 13.3. The predicted molar refractivity (Wildman–Crippen MR) is 154 cm³/mol. The fourth-order valence-corrected chi connectivity index (χ4v) is 7.52. The third kappa shape index (κ3) is 8.49. The highest BCUT2D eigenvalue weighted by atomic mass is 35.5. The van der Waals surface area contributed by atoms with E-state index in [1.54, 1.807) is 19.2 Å². The molecule has 40 heavy (non-hydrogen) atoms. The number of carbonyl (C=O) groups is 3. The second-order valence-electron chi connectivity index (χ2n) is 10.4. The number of piperazine rings is 1. The van der Waals surface area contributed by atoms with Crippen molar-refractivity contribution >= 4 is 56.8 Å². The molecule has 14 heteroatoms. The molecule has 0 aliphatic carbocycles. The van der Waals surface area contributed by atoms with Gasteiger partial charge in [-0.15, -0.1) is 11.3 Å². The molecular formula is C26H38ClN5O6S2. The van der Waals surface area contributed by atoms with Crippen LogP contribution in [0.2, 0.25) is 4.34 Å². The summed E-state index contributed by atoms with van der Waals surface area (Å²) in [5.41, 5.74) is 0. The van der Waals surface area contributed by atoms with Gasteiger partial charge >= 0.3 is 0 Å². The van der Waals surface area contributed by atoms with E-state index in [2.05, 4.69) is 9.62 Å². The van der Waals surface area contributed by atoms with Crippen LogP contribution in [0.15, 0.2) is 17.5 Å². The van der Waals surface area contributed by atoms with Crippen LogP contribution in [-0.2, 0) is 29.1 Å². The summed E-state index contributed by atoms with van der Waals surface area (Å²) in [6, 6.07) is 2.56. The Kier molecular flexibility index (Phi) is 11.0. The number of hydrogen-bond acceptors (Lipinski definition) is 8. The highest BCUT2D eigenvalue weighted by Crippen LogP contribution is 2.23. The molecule has 11 nitrogen and oxygen atoms in total. The monoisotopic (exact) mass is 615 g/mol. The highest BCUT2D eigenvalue weighted by molar-refractivity contribution is 7.92. The van der Waals surface area contributed by atoms with Crippen LogP contribution in [0.1, 0.15) is 37.0 Å². The van der Waals surface area contributed by atoms with Gasteiger partial charge in [-0.1, -0.05) is 11.6 Å². The topological polar surface area (TPSA) is 120 Å². The van der Waals surface area contributed by atoms with Crippen LogP contribution in [0.4, 0.5) is 0 Å². The summed E-state index contributed by atoms with van der Waals surface area (Å²) in [6.45, 7) is 5.03. The van der Waals surface area contributed by atoms with Crippen LogP contribution in [0.5, 0.6) is 0 Å². The van der Waals surface area contributed by atoms with E-state index in [0.29, 0.717) is 61.3 Å². The van der Waals surface area contributed by atoms with E-state index >= 15 is 0 Å². The molecule has 3 fully saturated rings. The molecule has 222 valence electrons. The first kappa shape index (κ1) is 30.9. The zero-order valence-electron chi connectivity index (χ0n) is 22.8. The third-order valence-electron chi connectivity index (χ3n) is 7.58. The fraction of sp³-hybridized carbons (Fsp3) is 0.654. The van der Waals surface area contributed by atoms with Crippen LogP contribution in [0.3, 0.4) is 0 Å². The summed E-state index contributed by atoms with van der Waals surface area (Å²) in [6.07, 6.45) is 4.63. The van der Waals surface area contributed by atoms with Gasteiger partial charge in [-0.2, -0.15) is 4.72 Å². The van der Waals surface area contributed by atoms with Crippen molar-refractivity contribution in [1.29, 1.82) is 0 Å². The van der Waals surface area contributed by atoms with Crippen LogP contribution in [0, 0.1) is 0 Å². The molecule has 3 aliphatic rings. The fourth-order valence-electron chi connectivity index (χ4n) is 5.45. The standard InChI is InChI=1S/C26H38ClN5O6S2/c1-38-16-8-24(33)30-14-12-29(13-15-30)18-20-4-2-11-32(20)25(34)19-31-10-3-5-22(26(31)35)28-40(36,37)17-9-21-6-7-23(27)39-21/h6-7,9,17,20,22,28H,2-5,8,10-16,18-19H2,1H3/b17-9+/t20-,22-/m0/s1. The summed E-state index contributed by atoms with van der Waals surface area (Å²) in [5.74, 6) is -0.377. The predicted octanol–water partition coefficient (Wildman–Crippen LogP) is 1.45. The molecule has 4 rings (SSSR count). The molecule has 3 aliphatic heterocycles. The largest absolute Gasteiger partial charge is 0.384 e. The van der Waals surface area contributed by atoms with Crippen molar-refractivity contribution in [2.45, 2.75) is 44.2 Å². The molecule has 4 heterocycles. The first-order valence-electron chi connectivity index (χ1n) is 13.7. The number of halogens is 1. The molecule has 3 amide bonds. The molecule has 0 bridgehead atoms. The first-order valence-corrected chi connectivity index (χ1v) is 16.4. The Bertz CT molecular complexity index is 1180. The highest BCUT2D eigenvalue weighted by Gasteiger charge is 2.36. The van der Waals surface area contributed by atoms with Crippen LogP contribution in [0.25, 0.3) is 6.08 Å². The molecule has 3 saturated heterocycles. The Morgan fingerprint density at radius 1 is 1.10 bits per heavy atom. The summed E-state index contributed by atoms with van der Waals surface area (Å²) in [7, 11) is -2.27. The van der Waals surface area contributed by atoms with E-state index in [-0.39, 0.29) is 30.3 Å². The first-order chi connectivity index (χ1) is 19.1. The van der Waals surface area contributed by atoms with Crippen LogP contribution < -0.4 is 4.72 Å². The molecular weight excluding hydrogens is 578 g/mol. The summed E-state index contributed by atoms with van der Waals surface area (Å²) in [5, 5.41) is 1.04. The average molecular weight is 616 g/mol. The molecule has 1 aromatic rings. The summed E-state index contributed by atoms with van der Waals surface area (Å²) < 4.78 is 33.2. The molecule has 0 aromatic carbocycles. The summed E-state index contributed by atoms with van der Waals surface area (Å²) >= 11 is 7.15. The smallest absolute Gasteiger partial charge is 0.242 e. The Hall–Kier alpha value is -2.03. The van der Waals surface area contributed by atoms with E-state index in [9.17, 15) is 22.8 Å². The second kappa shape index (κ2) is 14.2. The zero-order chi connectivity index (χ0) is 28.7. The lowest BCUT2D eigenvalue weighted by Gasteiger charge is -2.38. The maximum atomic E-state index is 13.3. The van der Waals surface area contributed by atoms with Crippen LogP contribution in [-0.4, -0.2) is 124 Å². The molecule has 0 saturated carbocycles. The van der Waals surface area contributed by atoms with Crippen molar-refractivity contribution in [2.24, 2.45) is 0 Å². The van der Waals surface area contributed by atoms with Crippen molar-refractivity contribution in [3.8, 4) is 0 Å². The number of likely N-dealkylation sites (tertiary alicyclic amines) is 2. The van der Waals surface area contributed by atoms with Gasteiger partial charge in [-0.3, -0.25) is 19.3 Å². The van der Waals surface area contributed by atoms with E-state index in [1.807, 2.05) is 9.80 Å². The number of sulfonamides is 1. The van der Waals surface area contributed by atoms with Crippen molar-refractivity contribution in [1.82, 2.24) is 24.3 Å². The van der Waals surface area contributed by atoms with E-state index in [1.165, 1.54) is 22.3 Å². The summed E-state index contributed by atoms with van der Waals surface area (Å²) in [4.78, 5) is 46.9. The average Bonchev–Trinajstić information content (AvgIpc) is 3.57. The maximum Gasteiger partial charge on any atom is 0.242 e. The van der Waals surface area contributed by atoms with Gasteiger partial charge in [0.05, 0.1) is 23.9 Å². The van der Waals surface area contributed by atoms with Crippen molar-refractivity contribution in [2.75, 3.05) is 66.1 Å². The normalized spacial score (nSPS) is 22.9. The number of methoxy groups -OCH3 is 1. The van der Waals surface area contributed by atoms with Gasteiger partial charge in [0, 0.05) is 69.3 Å². The van der Waals surface area contributed by atoms with Crippen LogP contribution >= 0.6 is 22.9 Å². The van der Waals surface area contributed by atoms with E-state index in [4.69, 9.17) is 16.3 Å². The number of amides is 3. The Morgan fingerprint density at radius 3 is 2.55 bits per heavy atom. The quantitative estimate of drug-likeness (QED) is 0.400. The van der Waals surface area contributed by atoms with E-state index in [0.717, 1.165) is 37.9 Å². The number of rotatable bonds is 11. The molecule has 0 spiro atoms. The van der Waals surface area contributed by atoms with Gasteiger partial charge in [-0.05, 0) is 43.9 Å². The SMILES string of the molecule is COCCC(=O)N1CCN(C[C@@H]2CCCN2C(=O)CN2CCC[C@H](NS(=O)(=O)/C=C/c3ccc(Cl)s3)C2=O)CC1. The molecule has 0 radical (unpaired) electrons. The number of piperidine rings is 1. The third-order valence-corrected chi connectivity index (χ3v) is 9.88. The Labute approximate surface area is 245 Å². The van der Waals surface area contributed by atoms with Gasteiger partial charge in [-0.25, -0.2) is 8.42 Å². The van der Waals surface area contributed by atoms with E-state index < -0.39 is 16.1 Å². The number of thiophene rings is 1. The minimum Gasteiger partial charge on any atom is -0.384 e. The van der Waals surface area contributed by atoms with Gasteiger partial charge < -0.3 is 19.4 Å².